The molecule has 0 bridgehead atoms. The molecule has 0 saturated heterocycles. The highest BCUT2D eigenvalue weighted by atomic mass is 32.2. The molecule has 2 aromatic carbocycles. The molecule has 0 aliphatic rings. The highest BCUT2D eigenvalue weighted by molar-refractivity contribution is 8.00. The lowest BCUT2D eigenvalue weighted by Crippen LogP contribution is -2.33. The molecule has 0 saturated carbocycles. The molecule has 0 radical (unpaired) electrons. The van der Waals surface area contributed by atoms with Crippen LogP contribution in [0.2, 0.25) is 0 Å². The van der Waals surface area contributed by atoms with Crippen molar-refractivity contribution >= 4 is 17.7 Å². The van der Waals surface area contributed by atoms with Crippen LogP contribution >= 0.6 is 11.8 Å². The predicted octanol–water partition coefficient (Wildman–Crippen LogP) is 3.51. The summed E-state index contributed by atoms with van der Waals surface area (Å²) in [6.45, 7) is 3.47. The molecule has 2 aromatic rings. The summed E-state index contributed by atoms with van der Waals surface area (Å²) in [7, 11) is 1.64. The highest BCUT2D eigenvalue weighted by Gasteiger charge is 2.13. The molecule has 1 amide bonds. The summed E-state index contributed by atoms with van der Waals surface area (Å²) < 4.78 is 10.7. The van der Waals surface area contributed by atoms with Gasteiger partial charge in [-0.3, -0.25) is 4.79 Å². The molecule has 0 fully saturated rings. The van der Waals surface area contributed by atoms with Crippen LogP contribution in [0.15, 0.2) is 59.5 Å². The minimum atomic E-state index is -0.160. The fourth-order valence-corrected chi connectivity index (χ4v) is 2.96. The van der Waals surface area contributed by atoms with Crippen LogP contribution in [0.5, 0.6) is 5.75 Å². The normalized spacial score (nSPS) is 11.8. The van der Waals surface area contributed by atoms with Crippen LogP contribution in [0.4, 0.5) is 0 Å². The topological polar surface area (TPSA) is 47.6 Å². The molecule has 1 N–H and O–H groups in total. The van der Waals surface area contributed by atoms with Gasteiger partial charge in [-0.25, -0.2) is 0 Å². The summed E-state index contributed by atoms with van der Waals surface area (Å²) in [6.07, 6.45) is 0. The van der Waals surface area contributed by atoms with Crippen LogP contribution in [-0.4, -0.2) is 31.4 Å². The zero-order valence-corrected chi connectivity index (χ0v) is 14.8. The van der Waals surface area contributed by atoms with Gasteiger partial charge in [0.05, 0.1) is 25.6 Å². The van der Waals surface area contributed by atoms with Gasteiger partial charge in [-0.15, -0.1) is 11.8 Å². The number of rotatable bonds is 9. The van der Waals surface area contributed by atoms with Crippen LogP contribution in [0.1, 0.15) is 12.5 Å². The third-order valence-corrected chi connectivity index (χ3v) is 4.51. The molecular formula is C19H23NO3S. The molecule has 0 aliphatic carbocycles. The van der Waals surface area contributed by atoms with Gasteiger partial charge in [0.15, 0.2) is 0 Å². The maximum Gasteiger partial charge on any atom is 0.233 e. The first-order chi connectivity index (χ1) is 11.7. The zero-order chi connectivity index (χ0) is 17.2. The largest absolute Gasteiger partial charge is 0.497 e. The molecule has 5 heteroatoms. The maximum absolute atomic E-state index is 12.1. The Morgan fingerprint density at radius 1 is 1.12 bits per heavy atom. The van der Waals surface area contributed by atoms with E-state index < -0.39 is 0 Å². The number of hydrogen-bond acceptors (Lipinski definition) is 4. The van der Waals surface area contributed by atoms with Crippen molar-refractivity contribution in [3.63, 3.8) is 0 Å². The number of ether oxygens (including phenoxy) is 2. The summed E-state index contributed by atoms with van der Waals surface area (Å²) in [4.78, 5) is 13.1. The number of benzene rings is 2. The van der Waals surface area contributed by atoms with Crippen LogP contribution in [0, 0.1) is 0 Å². The van der Waals surface area contributed by atoms with Crippen LogP contribution in [0.3, 0.4) is 0 Å². The second-order valence-electron chi connectivity index (χ2n) is 5.26. The third kappa shape index (κ3) is 6.26. The summed E-state index contributed by atoms with van der Waals surface area (Å²) >= 11 is 1.52. The van der Waals surface area contributed by atoms with E-state index in [1.165, 1.54) is 11.8 Å². The summed E-state index contributed by atoms with van der Waals surface area (Å²) in [5.41, 5.74) is 1.13. The minimum absolute atomic E-state index is 0.0131. The fraction of sp³-hybridized carbons (Fsp3) is 0.316. The number of hydrogen-bond donors (Lipinski definition) is 1. The van der Waals surface area contributed by atoms with Crippen molar-refractivity contribution in [2.75, 3.05) is 20.3 Å². The zero-order valence-electron chi connectivity index (χ0n) is 14.0. The molecule has 0 spiro atoms. The van der Waals surface area contributed by atoms with E-state index in [4.69, 9.17) is 9.47 Å². The second kappa shape index (κ2) is 10.0. The average molecular weight is 345 g/mol. The Balaban J connectivity index is 1.64. The van der Waals surface area contributed by atoms with Gasteiger partial charge in [0.1, 0.15) is 5.75 Å². The molecule has 4 nitrogen and oxygen atoms in total. The van der Waals surface area contributed by atoms with Gasteiger partial charge >= 0.3 is 0 Å². The van der Waals surface area contributed by atoms with Crippen LogP contribution in [0.25, 0.3) is 0 Å². The predicted molar refractivity (Wildman–Crippen MR) is 97.4 cm³/mol. The Morgan fingerprint density at radius 2 is 1.83 bits per heavy atom. The van der Waals surface area contributed by atoms with Crippen LogP contribution < -0.4 is 10.1 Å². The van der Waals surface area contributed by atoms with E-state index in [0.717, 1.165) is 16.2 Å². The van der Waals surface area contributed by atoms with E-state index in [-0.39, 0.29) is 11.2 Å². The fourth-order valence-electron chi connectivity index (χ4n) is 2.07. The van der Waals surface area contributed by atoms with Crippen molar-refractivity contribution in [3.05, 3.63) is 60.2 Å². The van der Waals surface area contributed by atoms with Gasteiger partial charge in [0.25, 0.3) is 0 Å². The molecule has 0 aliphatic heterocycles. The molecular weight excluding hydrogens is 322 g/mol. The summed E-state index contributed by atoms with van der Waals surface area (Å²) in [5.74, 6) is 0.825. The number of thioether (sulfide) groups is 1. The number of carbonyl (C=O) groups is 1. The molecule has 1 atom stereocenters. The number of amides is 1. The molecule has 24 heavy (non-hydrogen) atoms. The second-order valence-corrected chi connectivity index (χ2v) is 6.68. The smallest absolute Gasteiger partial charge is 0.233 e. The van der Waals surface area contributed by atoms with Gasteiger partial charge in [0.2, 0.25) is 5.91 Å². The van der Waals surface area contributed by atoms with Gasteiger partial charge < -0.3 is 14.8 Å². The SMILES string of the molecule is COc1ccc(S[C@@H](C)C(=O)NCCOCc2ccccc2)cc1. The molecule has 0 heterocycles. The Morgan fingerprint density at radius 3 is 2.50 bits per heavy atom. The Bertz CT molecular complexity index is 616. The summed E-state index contributed by atoms with van der Waals surface area (Å²) in [5, 5.41) is 2.74. The van der Waals surface area contributed by atoms with E-state index in [0.29, 0.717) is 19.8 Å². The van der Waals surface area contributed by atoms with E-state index in [9.17, 15) is 4.79 Å². The molecule has 2 rings (SSSR count). The lowest BCUT2D eigenvalue weighted by Gasteiger charge is -2.12. The van der Waals surface area contributed by atoms with Crippen molar-refractivity contribution in [1.82, 2.24) is 5.32 Å². The molecule has 0 aromatic heterocycles. The maximum atomic E-state index is 12.1. The van der Waals surface area contributed by atoms with Crippen molar-refractivity contribution in [1.29, 1.82) is 0 Å². The van der Waals surface area contributed by atoms with Crippen molar-refractivity contribution in [2.45, 2.75) is 23.7 Å². The van der Waals surface area contributed by atoms with Crippen molar-refractivity contribution in [2.24, 2.45) is 0 Å². The number of nitrogens with one attached hydrogen (secondary N) is 1. The minimum Gasteiger partial charge on any atom is -0.497 e. The van der Waals surface area contributed by atoms with Gasteiger partial charge in [-0.05, 0) is 36.8 Å². The third-order valence-electron chi connectivity index (χ3n) is 3.40. The van der Waals surface area contributed by atoms with Gasteiger partial charge in [-0.1, -0.05) is 30.3 Å². The number of carbonyl (C=O) groups excluding carboxylic acids is 1. The standard InChI is InChI=1S/C19H23NO3S/c1-15(24-18-10-8-17(22-2)9-11-18)19(21)20-12-13-23-14-16-6-4-3-5-7-16/h3-11,15H,12-14H2,1-2H3,(H,20,21)/t15-/m0/s1. The first kappa shape index (κ1) is 18.4. The lowest BCUT2D eigenvalue weighted by molar-refractivity contribution is -0.120. The van der Waals surface area contributed by atoms with E-state index in [1.54, 1.807) is 7.11 Å². The van der Waals surface area contributed by atoms with Gasteiger partial charge in [-0.2, -0.15) is 0 Å². The molecule has 128 valence electrons. The van der Waals surface area contributed by atoms with Crippen molar-refractivity contribution < 1.29 is 14.3 Å². The van der Waals surface area contributed by atoms with E-state index >= 15 is 0 Å². The Labute approximate surface area is 147 Å². The Kier molecular flexibility index (Phi) is 7.65. The first-order valence-electron chi connectivity index (χ1n) is 7.89. The first-order valence-corrected chi connectivity index (χ1v) is 8.77. The average Bonchev–Trinajstić information content (AvgIpc) is 2.62. The van der Waals surface area contributed by atoms with Crippen LogP contribution in [-0.2, 0) is 16.1 Å². The van der Waals surface area contributed by atoms with E-state index in [1.807, 2.05) is 61.5 Å². The monoisotopic (exact) mass is 345 g/mol. The van der Waals surface area contributed by atoms with Gasteiger partial charge in [0, 0.05) is 11.4 Å². The highest BCUT2D eigenvalue weighted by Crippen LogP contribution is 2.25. The summed E-state index contributed by atoms with van der Waals surface area (Å²) in [6, 6.07) is 17.7. The van der Waals surface area contributed by atoms with E-state index in [2.05, 4.69) is 5.32 Å². The quantitative estimate of drug-likeness (QED) is 0.558. The molecule has 0 unspecified atom stereocenters. The lowest BCUT2D eigenvalue weighted by atomic mass is 10.2. The van der Waals surface area contributed by atoms with Crippen molar-refractivity contribution in [3.8, 4) is 5.75 Å². The Hall–Kier alpha value is -1.98. The number of methoxy groups -OCH3 is 1.